The Morgan fingerprint density at radius 1 is 1.30 bits per heavy atom. The van der Waals surface area contributed by atoms with Gasteiger partial charge in [0, 0.05) is 18.4 Å². The van der Waals surface area contributed by atoms with Gasteiger partial charge in [0.25, 0.3) is 0 Å². The lowest BCUT2D eigenvalue weighted by molar-refractivity contribution is -0.147. The highest BCUT2D eigenvalue weighted by Crippen LogP contribution is 2.11. The number of carbonyl (C=O) groups is 2. The van der Waals surface area contributed by atoms with Crippen molar-refractivity contribution >= 4 is 23.5 Å². The molecule has 0 aromatic heterocycles. The number of rotatable bonds is 7. The Morgan fingerprint density at radius 2 is 1.95 bits per heavy atom. The quantitative estimate of drug-likeness (QED) is 0.622. The molecule has 20 heavy (non-hydrogen) atoms. The molecule has 1 aromatic rings. The van der Waals surface area contributed by atoms with E-state index < -0.39 is 12.0 Å². The van der Waals surface area contributed by atoms with Gasteiger partial charge < -0.3 is 10.1 Å². The van der Waals surface area contributed by atoms with Gasteiger partial charge in [-0.25, -0.2) is 4.79 Å². The maximum absolute atomic E-state index is 12.0. The molecule has 0 aliphatic heterocycles. The van der Waals surface area contributed by atoms with Crippen molar-refractivity contribution in [3.8, 4) is 0 Å². The molecule has 0 spiro atoms. The van der Waals surface area contributed by atoms with E-state index in [9.17, 15) is 9.59 Å². The number of esters is 1. The van der Waals surface area contributed by atoms with E-state index in [4.69, 9.17) is 16.3 Å². The largest absolute Gasteiger partial charge is 0.464 e. The summed E-state index contributed by atoms with van der Waals surface area (Å²) in [5.41, 5.74) is 0.917. The number of unbranched alkanes of at least 4 members (excludes halogenated alkanes) is 1. The molecule has 1 N–H and O–H groups in total. The van der Waals surface area contributed by atoms with Crippen molar-refractivity contribution in [1.29, 1.82) is 0 Å². The van der Waals surface area contributed by atoms with Crippen LogP contribution in [0.5, 0.6) is 0 Å². The summed E-state index contributed by atoms with van der Waals surface area (Å²) < 4.78 is 5.16. The molecular weight excluding hydrogens is 278 g/mol. The highest BCUT2D eigenvalue weighted by Gasteiger charge is 2.21. The van der Waals surface area contributed by atoms with Crippen LogP contribution in [-0.2, 0) is 20.7 Å². The van der Waals surface area contributed by atoms with E-state index in [0.29, 0.717) is 18.1 Å². The number of nitrogens with one attached hydrogen (secondary N) is 1. The number of amides is 1. The van der Waals surface area contributed by atoms with E-state index in [1.807, 2.05) is 19.1 Å². The molecule has 0 aliphatic carbocycles. The number of benzene rings is 1. The summed E-state index contributed by atoms with van der Waals surface area (Å²) in [6, 6.07) is 6.51. The van der Waals surface area contributed by atoms with Crippen LogP contribution in [0.4, 0.5) is 0 Å². The minimum Gasteiger partial charge on any atom is -0.464 e. The normalized spacial score (nSPS) is 11.8. The summed E-state index contributed by atoms with van der Waals surface area (Å²) in [4.78, 5) is 23.2. The summed E-state index contributed by atoms with van der Waals surface area (Å²) in [6.07, 6.45) is 2.16. The van der Waals surface area contributed by atoms with Crippen molar-refractivity contribution in [2.24, 2.45) is 0 Å². The smallest absolute Gasteiger partial charge is 0.328 e. The minimum atomic E-state index is -0.662. The lowest BCUT2D eigenvalue weighted by Crippen LogP contribution is -2.42. The van der Waals surface area contributed by atoms with Crippen molar-refractivity contribution in [2.45, 2.75) is 39.2 Å². The number of carbonyl (C=O) groups excluding carboxylic acids is 2. The predicted molar refractivity (Wildman–Crippen MR) is 78.6 cm³/mol. The minimum absolute atomic E-state index is 0.253. The third-order valence-corrected chi connectivity index (χ3v) is 3.01. The van der Waals surface area contributed by atoms with Crippen molar-refractivity contribution < 1.29 is 14.3 Å². The monoisotopic (exact) mass is 297 g/mol. The first-order valence-electron chi connectivity index (χ1n) is 6.71. The standard InChI is InChI=1S/C15H20ClNO3/c1-3-4-9-20-15(19)14(17-11(2)18)10-12-5-7-13(16)8-6-12/h5-8,14H,3-4,9-10H2,1-2H3,(H,17,18)/t14-/m0/s1. The summed E-state index contributed by atoms with van der Waals surface area (Å²) >= 11 is 5.82. The second kappa shape index (κ2) is 8.59. The predicted octanol–water partition coefficient (Wildman–Crippen LogP) is 2.73. The molecule has 0 unspecified atom stereocenters. The fraction of sp³-hybridized carbons (Fsp3) is 0.467. The third-order valence-electron chi connectivity index (χ3n) is 2.76. The Bertz CT molecular complexity index is 445. The average Bonchev–Trinajstić information content (AvgIpc) is 2.40. The summed E-state index contributed by atoms with van der Waals surface area (Å²) in [5, 5.41) is 3.26. The second-order valence-corrected chi connectivity index (χ2v) is 5.04. The maximum atomic E-state index is 12.0. The Morgan fingerprint density at radius 3 is 2.50 bits per heavy atom. The second-order valence-electron chi connectivity index (χ2n) is 4.60. The van der Waals surface area contributed by atoms with E-state index >= 15 is 0 Å². The topological polar surface area (TPSA) is 55.4 Å². The summed E-state index contributed by atoms with van der Waals surface area (Å²) in [6.45, 7) is 3.78. The van der Waals surface area contributed by atoms with Gasteiger partial charge in [0.2, 0.25) is 5.91 Å². The van der Waals surface area contributed by atoms with Crippen LogP contribution in [0.15, 0.2) is 24.3 Å². The first kappa shape index (κ1) is 16.5. The first-order chi connectivity index (χ1) is 9.52. The molecule has 0 radical (unpaired) electrons. The summed E-state index contributed by atoms with van der Waals surface area (Å²) in [7, 11) is 0. The van der Waals surface area contributed by atoms with E-state index in [1.54, 1.807) is 12.1 Å². The van der Waals surface area contributed by atoms with E-state index in [0.717, 1.165) is 18.4 Å². The first-order valence-corrected chi connectivity index (χ1v) is 7.09. The van der Waals surface area contributed by atoms with Crippen LogP contribution in [0, 0.1) is 0 Å². The zero-order valence-electron chi connectivity index (χ0n) is 11.8. The maximum Gasteiger partial charge on any atom is 0.328 e. The van der Waals surface area contributed by atoms with E-state index in [1.165, 1.54) is 6.92 Å². The van der Waals surface area contributed by atoms with Crippen LogP contribution in [0.25, 0.3) is 0 Å². The molecule has 1 atom stereocenters. The van der Waals surface area contributed by atoms with Gasteiger partial charge in [-0.1, -0.05) is 37.1 Å². The SMILES string of the molecule is CCCCOC(=O)[C@H](Cc1ccc(Cl)cc1)NC(C)=O. The van der Waals surface area contributed by atoms with Crippen LogP contribution in [0.2, 0.25) is 5.02 Å². The van der Waals surface area contributed by atoms with Gasteiger partial charge in [-0.05, 0) is 24.1 Å². The molecule has 110 valence electrons. The molecule has 0 aliphatic rings. The Hall–Kier alpha value is -1.55. The van der Waals surface area contributed by atoms with Crippen molar-refractivity contribution in [3.63, 3.8) is 0 Å². The zero-order chi connectivity index (χ0) is 15.0. The van der Waals surface area contributed by atoms with Gasteiger partial charge in [-0.3, -0.25) is 4.79 Å². The van der Waals surface area contributed by atoms with E-state index in [2.05, 4.69) is 5.32 Å². The molecule has 0 saturated carbocycles. The van der Waals surface area contributed by atoms with Gasteiger partial charge in [0.05, 0.1) is 6.61 Å². The lowest BCUT2D eigenvalue weighted by Gasteiger charge is -2.17. The van der Waals surface area contributed by atoms with Gasteiger partial charge in [-0.15, -0.1) is 0 Å². The van der Waals surface area contributed by atoms with Crippen LogP contribution < -0.4 is 5.32 Å². The van der Waals surface area contributed by atoms with Crippen molar-refractivity contribution in [3.05, 3.63) is 34.9 Å². The van der Waals surface area contributed by atoms with Gasteiger partial charge in [0.1, 0.15) is 6.04 Å². The molecule has 0 bridgehead atoms. The van der Waals surface area contributed by atoms with Gasteiger partial charge in [-0.2, -0.15) is 0 Å². The molecular formula is C15H20ClNO3. The van der Waals surface area contributed by atoms with Gasteiger partial charge >= 0.3 is 5.97 Å². The molecule has 0 saturated heterocycles. The number of hydrogen-bond donors (Lipinski definition) is 1. The van der Waals surface area contributed by atoms with E-state index in [-0.39, 0.29) is 5.91 Å². The molecule has 5 heteroatoms. The molecule has 1 rings (SSSR count). The van der Waals surface area contributed by atoms with Crippen LogP contribution in [0.1, 0.15) is 32.3 Å². The Labute approximate surface area is 124 Å². The average molecular weight is 298 g/mol. The zero-order valence-corrected chi connectivity index (χ0v) is 12.6. The van der Waals surface area contributed by atoms with Crippen molar-refractivity contribution in [1.82, 2.24) is 5.32 Å². The van der Waals surface area contributed by atoms with Crippen LogP contribution >= 0.6 is 11.6 Å². The number of hydrogen-bond acceptors (Lipinski definition) is 3. The molecule has 0 fully saturated rings. The highest BCUT2D eigenvalue weighted by atomic mass is 35.5. The molecule has 0 heterocycles. The number of halogens is 1. The van der Waals surface area contributed by atoms with Gasteiger partial charge in [0.15, 0.2) is 0 Å². The fourth-order valence-corrected chi connectivity index (χ4v) is 1.84. The molecule has 1 amide bonds. The van der Waals surface area contributed by atoms with Crippen molar-refractivity contribution in [2.75, 3.05) is 6.61 Å². The Balaban J connectivity index is 2.65. The number of ether oxygens (including phenoxy) is 1. The third kappa shape index (κ3) is 6.06. The fourth-order valence-electron chi connectivity index (χ4n) is 1.71. The molecule has 4 nitrogen and oxygen atoms in total. The van der Waals surface area contributed by atoms with Crippen LogP contribution in [-0.4, -0.2) is 24.5 Å². The molecule has 1 aromatic carbocycles. The highest BCUT2D eigenvalue weighted by molar-refractivity contribution is 6.30. The summed E-state index contributed by atoms with van der Waals surface area (Å²) in [5.74, 6) is -0.653. The van der Waals surface area contributed by atoms with Crippen LogP contribution in [0.3, 0.4) is 0 Å². The lowest BCUT2D eigenvalue weighted by atomic mass is 10.1. The Kier molecular flexibility index (Phi) is 7.09.